The number of rotatable bonds is 1. The smallest absolute Gasteiger partial charge is 0.224 e. The molecule has 5 heteroatoms. The van der Waals surface area contributed by atoms with E-state index in [0.717, 1.165) is 13.1 Å². The SMILES string of the molecule is Nc1cnc(Cl)nc1N1Cc2ccccc2C1. The molecule has 1 aromatic carbocycles. The Hall–Kier alpha value is -1.81. The quantitative estimate of drug-likeness (QED) is 0.784. The van der Waals surface area contributed by atoms with Gasteiger partial charge in [-0.25, -0.2) is 4.98 Å². The number of benzene rings is 1. The molecule has 1 aliphatic rings. The predicted octanol–water partition coefficient (Wildman–Crippen LogP) is 2.23. The number of nitrogens with two attached hydrogens (primary N) is 1. The lowest BCUT2D eigenvalue weighted by Gasteiger charge is -2.17. The van der Waals surface area contributed by atoms with E-state index in [0.29, 0.717) is 11.5 Å². The zero-order chi connectivity index (χ0) is 11.8. The van der Waals surface area contributed by atoms with Crippen LogP contribution >= 0.6 is 11.6 Å². The molecular weight excluding hydrogens is 236 g/mol. The van der Waals surface area contributed by atoms with Crippen molar-refractivity contribution in [3.05, 3.63) is 46.9 Å². The van der Waals surface area contributed by atoms with E-state index in [-0.39, 0.29) is 5.28 Å². The van der Waals surface area contributed by atoms with E-state index >= 15 is 0 Å². The van der Waals surface area contributed by atoms with Crippen LogP contribution in [0.2, 0.25) is 5.28 Å². The molecule has 0 amide bonds. The fourth-order valence-corrected chi connectivity index (χ4v) is 2.23. The van der Waals surface area contributed by atoms with Crippen LogP contribution in [0.1, 0.15) is 11.1 Å². The summed E-state index contributed by atoms with van der Waals surface area (Å²) >= 11 is 5.80. The van der Waals surface area contributed by atoms with Crippen molar-refractivity contribution in [3.63, 3.8) is 0 Å². The molecule has 4 nitrogen and oxygen atoms in total. The second-order valence-corrected chi connectivity index (χ2v) is 4.38. The van der Waals surface area contributed by atoms with Gasteiger partial charge in [-0.1, -0.05) is 24.3 Å². The van der Waals surface area contributed by atoms with Gasteiger partial charge in [-0.3, -0.25) is 0 Å². The summed E-state index contributed by atoms with van der Waals surface area (Å²) in [5.41, 5.74) is 9.05. The molecular formula is C12H11ClN4. The summed E-state index contributed by atoms with van der Waals surface area (Å²) in [7, 11) is 0. The van der Waals surface area contributed by atoms with E-state index in [4.69, 9.17) is 17.3 Å². The molecule has 2 aromatic rings. The fourth-order valence-electron chi connectivity index (χ4n) is 2.10. The average Bonchev–Trinajstić information content (AvgIpc) is 2.75. The summed E-state index contributed by atoms with van der Waals surface area (Å²) in [6.07, 6.45) is 1.55. The number of aromatic nitrogens is 2. The Balaban J connectivity index is 1.96. The first kappa shape index (κ1) is 10.4. The van der Waals surface area contributed by atoms with Crippen molar-refractivity contribution >= 4 is 23.1 Å². The lowest BCUT2D eigenvalue weighted by atomic mass is 10.1. The lowest BCUT2D eigenvalue weighted by Crippen LogP contribution is -2.18. The van der Waals surface area contributed by atoms with E-state index in [1.165, 1.54) is 11.1 Å². The first-order valence-electron chi connectivity index (χ1n) is 5.34. The zero-order valence-corrected chi connectivity index (χ0v) is 9.85. The van der Waals surface area contributed by atoms with Crippen molar-refractivity contribution in [2.45, 2.75) is 13.1 Å². The topological polar surface area (TPSA) is 55.0 Å². The largest absolute Gasteiger partial charge is 0.394 e. The van der Waals surface area contributed by atoms with Gasteiger partial charge in [0, 0.05) is 13.1 Å². The third-order valence-electron chi connectivity index (χ3n) is 2.91. The Bertz CT molecular complexity index is 545. The van der Waals surface area contributed by atoms with Gasteiger partial charge in [0.2, 0.25) is 5.28 Å². The first-order chi connectivity index (χ1) is 8.24. The van der Waals surface area contributed by atoms with Gasteiger partial charge in [0.25, 0.3) is 0 Å². The van der Waals surface area contributed by atoms with E-state index < -0.39 is 0 Å². The summed E-state index contributed by atoms with van der Waals surface area (Å²) in [5.74, 6) is 0.709. The summed E-state index contributed by atoms with van der Waals surface area (Å²) in [4.78, 5) is 10.2. The summed E-state index contributed by atoms with van der Waals surface area (Å²) in [6, 6.07) is 8.32. The lowest BCUT2D eigenvalue weighted by molar-refractivity contribution is 0.854. The molecule has 0 radical (unpaired) electrons. The molecule has 0 unspecified atom stereocenters. The number of hydrogen-bond donors (Lipinski definition) is 1. The first-order valence-corrected chi connectivity index (χ1v) is 5.71. The third kappa shape index (κ3) is 1.80. The number of fused-ring (bicyclic) bond motifs is 1. The van der Waals surface area contributed by atoms with E-state index in [1.54, 1.807) is 6.20 Å². The Kier molecular flexibility index (Phi) is 2.37. The molecule has 0 saturated heterocycles. The predicted molar refractivity (Wildman–Crippen MR) is 67.8 cm³/mol. The molecule has 2 N–H and O–H groups in total. The van der Waals surface area contributed by atoms with Crippen LogP contribution in [0.15, 0.2) is 30.5 Å². The van der Waals surface area contributed by atoms with Crippen molar-refractivity contribution in [3.8, 4) is 0 Å². The molecule has 3 rings (SSSR count). The van der Waals surface area contributed by atoms with E-state index in [1.807, 2.05) is 12.1 Å². The van der Waals surface area contributed by atoms with Gasteiger partial charge in [0.15, 0.2) is 5.82 Å². The van der Waals surface area contributed by atoms with Crippen LogP contribution in [0.3, 0.4) is 0 Å². The molecule has 1 aliphatic heterocycles. The number of hydrogen-bond acceptors (Lipinski definition) is 4. The minimum Gasteiger partial charge on any atom is -0.394 e. The van der Waals surface area contributed by atoms with Crippen LogP contribution in [0.5, 0.6) is 0 Å². The van der Waals surface area contributed by atoms with Crippen LogP contribution in [-0.4, -0.2) is 9.97 Å². The van der Waals surface area contributed by atoms with Crippen molar-refractivity contribution in [2.24, 2.45) is 0 Å². The Labute approximate surface area is 104 Å². The maximum atomic E-state index is 5.88. The Morgan fingerprint density at radius 1 is 1.18 bits per heavy atom. The molecule has 0 fully saturated rings. The van der Waals surface area contributed by atoms with Gasteiger partial charge >= 0.3 is 0 Å². The number of halogens is 1. The van der Waals surface area contributed by atoms with E-state index in [9.17, 15) is 0 Å². The highest BCUT2D eigenvalue weighted by Crippen LogP contribution is 2.30. The second kappa shape index (κ2) is 3.89. The molecule has 0 saturated carbocycles. The maximum absolute atomic E-state index is 5.88. The monoisotopic (exact) mass is 246 g/mol. The second-order valence-electron chi connectivity index (χ2n) is 4.04. The number of anilines is 2. The molecule has 0 atom stereocenters. The standard InChI is InChI=1S/C12H11ClN4/c13-12-15-5-10(14)11(16-12)17-6-8-3-1-2-4-9(8)7-17/h1-5H,6-7,14H2. The molecule has 17 heavy (non-hydrogen) atoms. The van der Waals surface area contributed by atoms with Crippen LogP contribution < -0.4 is 10.6 Å². The van der Waals surface area contributed by atoms with Gasteiger partial charge in [-0.2, -0.15) is 4.98 Å². The summed E-state index contributed by atoms with van der Waals surface area (Å²) < 4.78 is 0. The Morgan fingerprint density at radius 2 is 1.82 bits per heavy atom. The van der Waals surface area contributed by atoms with Crippen LogP contribution in [0.25, 0.3) is 0 Å². The van der Waals surface area contributed by atoms with Gasteiger partial charge in [-0.05, 0) is 22.7 Å². The minimum absolute atomic E-state index is 0.227. The van der Waals surface area contributed by atoms with Gasteiger partial charge in [0.1, 0.15) is 0 Å². The maximum Gasteiger partial charge on any atom is 0.224 e. The number of nitrogens with zero attached hydrogens (tertiary/aromatic N) is 3. The van der Waals surface area contributed by atoms with Crippen LogP contribution in [0.4, 0.5) is 11.5 Å². The van der Waals surface area contributed by atoms with Gasteiger partial charge in [0.05, 0.1) is 11.9 Å². The van der Waals surface area contributed by atoms with Crippen molar-refractivity contribution in [2.75, 3.05) is 10.6 Å². The molecule has 1 aromatic heterocycles. The highest BCUT2D eigenvalue weighted by molar-refractivity contribution is 6.28. The normalized spacial score (nSPS) is 13.8. The molecule has 2 heterocycles. The van der Waals surface area contributed by atoms with Crippen LogP contribution in [0, 0.1) is 0 Å². The summed E-state index contributed by atoms with van der Waals surface area (Å²) in [5, 5.41) is 0.227. The zero-order valence-electron chi connectivity index (χ0n) is 9.10. The van der Waals surface area contributed by atoms with Crippen molar-refractivity contribution in [1.29, 1.82) is 0 Å². The average molecular weight is 247 g/mol. The van der Waals surface area contributed by atoms with Crippen LogP contribution in [-0.2, 0) is 13.1 Å². The Morgan fingerprint density at radius 3 is 2.47 bits per heavy atom. The molecule has 0 bridgehead atoms. The van der Waals surface area contributed by atoms with Gasteiger partial charge < -0.3 is 10.6 Å². The van der Waals surface area contributed by atoms with Gasteiger partial charge in [-0.15, -0.1) is 0 Å². The minimum atomic E-state index is 0.227. The molecule has 0 aliphatic carbocycles. The molecule has 0 spiro atoms. The van der Waals surface area contributed by atoms with Crippen molar-refractivity contribution < 1.29 is 0 Å². The summed E-state index contributed by atoms with van der Waals surface area (Å²) in [6.45, 7) is 1.63. The molecule has 86 valence electrons. The van der Waals surface area contributed by atoms with Crippen molar-refractivity contribution in [1.82, 2.24) is 9.97 Å². The fraction of sp³-hybridized carbons (Fsp3) is 0.167. The third-order valence-corrected chi connectivity index (χ3v) is 3.09. The highest BCUT2D eigenvalue weighted by atomic mass is 35.5. The van der Waals surface area contributed by atoms with E-state index in [2.05, 4.69) is 27.0 Å². The highest BCUT2D eigenvalue weighted by Gasteiger charge is 2.21. The number of nitrogen functional groups attached to an aromatic ring is 1.